The molecule has 27 heavy (non-hydrogen) atoms. The number of carbonyl (C=O) groups excluding carboxylic acids is 2. The topological polar surface area (TPSA) is 112 Å². The van der Waals surface area contributed by atoms with Crippen LogP contribution in [0.3, 0.4) is 0 Å². The van der Waals surface area contributed by atoms with Crippen LogP contribution in [0.1, 0.15) is 23.0 Å². The van der Waals surface area contributed by atoms with Crippen molar-refractivity contribution < 1.29 is 36.8 Å². The number of ether oxygens (including phenoxy) is 1. The Morgan fingerprint density at radius 3 is 2.48 bits per heavy atom. The van der Waals surface area contributed by atoms with E-state index in [-0.39, 0.29) is 10.4 Å². The zero-order valence-corrected chi connectivity index (χ0v) is 15.0. The minimum absolute atomic E-state index is 0.215. The summed E-state index contributed by atoms with van der Waals surface area (Å²) in [6, 6.07) is 4.54. The number of nitrogens with one attached hydrogen (secondary N) is 1. The fourth-order valence-electron chi connectivity index (χ4n) is 1.92. The molecular weight excluding hydrogens is 441 g/mol. The highest BCUT2D eigenvalue weighted by Crippen LogP contribution is 2.37. The first-order valence-corrected chi connectivity index (χ1v) is 7.91. The van der Waals surface area contributed by atoms with Gasteiger partial charge in [0, 0.05) is 12.1 Å². The van der Waals surface area contributed by atoms with Gasteiger partial charge in [0.25, 0.3) is 11.6 Å². The number of nitro benzene ring substituents is 1. The summed E-state index contributed by atoms with van der Waals surface area (Å²) < 4.78 is 49.3. The Kier molecular flexibility index (Phi) is 5.88. The van der Waals surface area contributed by atoms with Crippen molar-refractivity contribution in [2.45, 2.75) is 19.2 Å². The molecule has 0 unspecified atom stereocenters. The summed E-state index contributed by atoms with van der Waals surface area (Å²) in [5.41, 5.74) is -2.90. The van der Waals surface area contributed by atoms with E-state index in [9.17, 15) is 32.9 Å². The monoisotopic (exact) mass is 450 g/mol. The first-order chi connectivity index (χ1) is 12.5. The summed E-state index contributed by atoms with van der Waals surface area (Å²) in [6.45, 7) is 1.14. The molecule has 8 nitrogen and oxygen atoms in total. The van der Waals surface area contributed by atoms with Gasteiger partial charge in [-0.2, -0.15) is 13.2 Å². The van der Waals surface area contributed by atoms with Crippen LogP contribution >= 0.6 is 15.9 Å². The molecule has 0 radical (unpaired) electrons. The van der Waals surface area contributed by atoms with E-state index in [1.807, 2.05) is 5.32 Å². The Labute approximate surface area is 157 Å². The number of halogens is 4. The fraction of sp³-hybridized carbons (Fsp3) is 0.200. The van der Waals surface area contributed by atoms with Crippen LogP contribution in [0, 0.1) is 10.1 Å². The lowest BCUT2D eigenvalue weighted by atomic mass is 10.1. The minimum atomic E-state index is -4.95. The molecule has 1 heterocycles. The molecular formula is C15H10BrF3N2O6. The molecule has 144 valence electrons. The standard InChI is InChI=1S/C15H10BrF3N2O6/c1-7(26-14(23)11-4-5-12(16)27-11)13(22)20-10-3-2-8(21(24)25)6-9(10)15(17,18)19/h2-7H,1H3,(H,20,22)/t7-/m1/s1. The summed E-state index contributed by atoms with van der Waals surface area (Å²) >= 11 is 2.97. The summed E-state index contributed by atoms with van der Waals surface area (Å²) in [5, 5.41) is 12.6. The molecule has 1 amide bonds. The number of hydrogen-bond donors (Lipinski definition) is 1. The van der Waals surface area contributed by atoms with Crippen LogP contribution in [-0.2, 0) is 15.7 Å². The van der Waals surface area contributed by atoms with Gasteiger partial charge in [-0.3, -0.25) is 14.9 Å². The molecule has 1 aromatic carbocycles. The van der Waals surface area contributed by atoms with Gasteiger partial charge < -0.3 is 14.5 Å². The molecule has 0 saturated heterocycles. The van der Waals surface area contributed by atoms with E-state index >= 15 is 0 Å². The van der Waals surface area contributed by atoms with E-state index in [4.69, 9.17) is 9.15 Å². The van der Waals surface area contributed by atoms with Gasteiger partial charge in [0.2, 0.25) is 5.76 Å². The van der Waals surface area contributed by atoms with Crippen molar-refractivity contribution in [2.75, 3.05) is 5.32 Å². The van der Waals surface area contributed by atoms with Crippen molar-refractivity contribution in [2.24, 2.45) is 0 Å². The van der Waals surface area contributed by atoms with Gasteiger partial charge in [0.05, 0.1) is 16.2 Å². The number of amides is 1. The number of anilines is 1. The van der Waals surface area contributed by atoms with Gasteiger partial charge in [0.1, 0.15) is 0 Å². The third-order valence-corrected chi connectivity index (χ3v) is 3.63. The van der Waals surface area contributed by atoms with Crippen LogP contribution in [0.2, 0.25) is 0 Å². The fourth-order valence-corrected chi connectivity index (χ4v) is 2.23. The van der Waals surface area contributed by atoms with Crippen LogP contribution in [0.4, 0.5) is 24.5 Å². The molecule has 0 aliphatic rings. The zero-order chi connectivity index (χ0) is 20.4. The Bertz CT molecular complexity index is 896. The third kappa shape index (κ3) is 5.06. The SMILES string of the molecule is C[C@@H](OC(=O)c1ccc(Br)o1)C(=O)Nc1ccc([N+](=O)[O-])cc1C(F)(F)F. The minimum Gasteiger partial charge on any atom is -0.447 e. The van der Waals surface area contributed by atoms with E-state index < -0.39 is 46.0 Å². The molecule has 0 bridgehead atoms. The Balaban J connectivity index is 2.16. The van der Waals surface area contributed by atoms with E-state index in [0.29, 0.717) is 6.07 Å². The highest BCUT2D eigenvalue weighted by atomic mass is 79.9. The summed E-state index contributed by atoms with van der Waals surface area (Å²) in [6.07, 6.45) is -6.41. The lowest BCUT2D eigenvalue weighted by Crippen LogP contribution is -2.30. The number of non-ortho nitro benzene ring substituents is 1. The average Bonchev–Trinajstić information content (AvgIpc) is 3.00. The van der Waals surface area contributed by atoms with Crippen LogP contribution in [0.25, 0.3) is 0 Å². The maximum atomic E-state index is 13.1. The number of hydrogen-bond acceptors (Lipinski definition) is 6. The maximum absolute atomic E-state index is 13.1. The maximum Gasteiger partial charge on any atom is 0.418 e. The predicted molar refractivity (Wildman–Crippen MR) is 88.0 cm³/mol. The predicted octanol–water partition coefficient (Wildman–Crippen LogP) is 4.15. The molecule has 0 aliphatic carbocycles. The zero-order valence-electron chi connectivity index (χ0n) is 13.4. The second-order valence-electron chi connectivity index (χ2n) is 5.13. The number of benzene rings is 1. The quantitative estimate of drug-likeness (QED) is 0.415. The lowest BCUT2D eigenvalue weighted by molar-refractivity contribution is -0.385. The van der Waals surface area contributed by atoms with E-state index in [1.165, 1.54) is 12.1 Å². The smallest absolute Gasteiger partial charge is 0.418 e. The number of nitro groups is 1. The number of esters is 1. The third-order valence-electron chi connectivity index (χ3n) is 3.20. The van der Waals surface area contributed by atoms with Crippen molar-refractivity contribution in [3.63, 3.8) is 0 Å². The molecule has 0 saturated carbocycles. The Morgan fingerprint density at radius 1 is 1.30 bits per heavy atom. The van der Waals surface area contributed by atoms with Crippen LogP contribution < -0.4 is 5.32 Å². The molecule has 1 aromatic heterocycles. The first-order valence-electron chi connectivity index (χ1n) is 7.12. The molecule has 0 aliphatic heterocycles. The summed E-state index contributed by atoms with van der Waals surface area (Å²) in [7, 11) is 0. The number of furan rings is 1. The molecule has 2 aromatic rings. The largest absolute Gasteiger partial charge is 0.447 e. The van der Waals surface area contributed by atoms with Gasteiger partial charge in [-0.25, -0.2) is 4.79 Å². The van der Waals surface area contributed by atoms with Crippen molar-refractivity contribution in [1.82, 2.24) is 0 Å². The molecule has 2 rings (SSSR count). The second-order valence-corrected chi connectivity index (χ2v) is 5.91. The van der Waals surface area contributed by atoms with E-state index in [2.05, 4.69) is 15.9 Å². The summed E-state index contributed by atoms with van der Waals surface area (Å²) in [5.74, 6) is -2.27. The highest BCUT2D eigenvalue weighted by molar-refractivity contribution is 9.10. The first kappa shape index (κ1) is 20.4. The van der Waals surface area contributed by atoms with Crippen LogP contribution in [-0.4, -0.2) is 22.9 Å². The number of carbonyl (C=O) groups is 2. The number of alkyl halides is 3. The van der Waals surface area contributed by atoms with E-state index in [0.717, 1.165) is 19.1 Å². The average molecular weight is 451 g/mol. The molecule has 12 heteroatoms. The van der Waals surface area contributed by atoms with Gasteiger partial charge in [-0.1, -0.05) is 0 Å². The number of rotatable bonds is 5. The number of nitrogens with zero attached hydrogens (tertiary/aromatic N) is 1. The Hall–Kier alpha value is -2.89. The van der Waals surface area contributed by atoms with Crippen molar-refractivity contribution in [1.29, 1.82) is 0 Å². The second kappa shape index (κ2) is 7.78. The van der Waals surface area contributed by atoms with E-state index in [1.54, 1.807) is 0 Å². The molecule has 0 spiro atoms. The highest BCUT2D eigenvalue weighted by Gasteiger charge is 2.36. The normalized spacial score (nSPS) is 12.3. The van der Waals surface area contributed by atoms with Crippen molar-refractivity contribution in [3.05, 3.63) is 56.4 Å². The van der Waals surface area contributed by atoms with Crippen LogP contribution in [0.15, 0.2) is 39.4 Å². The van der Waals surface area contributed by atoms with Crippen molar-refractivity contribution >= 4 is 39.2 Å². The Morgan fingerprint density at radius 2 is 1.96 bits per heavy atom. The molecule has 0 fully saturated rings. The lowest BCUT2D eigenvalue weighted by Gasteiger charge is -2.16. The van der Waals surface area contributed by atoms with Gasteiger partial charge in [-0.15, -0.1) is 0 Å². The van der Waals surface area contributed by atoms with Crippen LogP contribution in [0.5, 0.6) is 0 Å². The van der Waals surface area contributed by atoms with Crippen molar-refractivity contribution in [3.8, 4) is 0 Å². The van der Waals surface area contributed by atoms with Gasteiger partial charge in [-0.05, 0) is 41.1 Å². The van der Waals surface area contributed by atoms with Gasteiger partial charge >= 0.3 is 12.1 Å². The van der Waals surface area contributed by atoms with Gasteiger partial charge in [0.15, 0.2) is 10.8 Å². The summed E-state index contributed by atoms with van der Waals surface area (Å²) in [4.78, 5) is 33.5. The molecule has 1 N–H and O–H groups in total. The molecule has 1 atom stereocenters.